The molecule has 6 heteroatoms. The zero-order chi connectivity index (χ0) is 15.4. The zero-order valence-electron chi connectivity index (χ0n) is 11.9. The summed E-state index contributed by atoms with van der Waals surface area (Å²) in [6.45, 7) is -1.22. The van der Waals surface area contributed by atoms with Crippen LogP contribution in [-0.2, 0) is 0 Å². The van der Waals surface area contributed by atoms with E-state index in [1.165, 1.54) is 12.1 Å². The van der Waals surface area contributed by atoms with Gasteiger partial charge in [0.15, 0.2) is 0 Å². The van der Waals surface area contributed by atoms with Crippen molar-refractivity contribution >= 4 is 0 Å². The van der Waals surface area contributed by atoms with Crippen molar-refractivity contribution in [2.24, 2.45) is 0 Å². The van der Waals surface area contributed by atoms with Crippen molar-refractivity contribution < 1.29 is 23.0 Å². The van der Waals surface area contributed by atoms with Gasteiger partial charge in [-0.15, -0.1) is 0 Å². The molecule has 2 rings (SSSR count). The molecule has 0 aromatic heterocycles. The Morgan fingerprint density at radius 3 is 2.67 bits per heavy atom. The predicted molar refractivity (Wildman–Crippen MR) is 72.8 cm³/mol. The first kappa shape index (κ1) is 16.1. The van der Waals surface area contributed by atoms with Crippen molar-refractivity contribution in [3.05, 3.63) is 29.6 Å². The molecule has 1 saturated carbocycles. The summed E-state index contributed by atoms with van der Waals surface area (Å²) in [6.07, 6.45) is 3.13. The highest BCUT2D eigenvalue weighted by Gasteiger charge is 2.25. The standard InChI is InChI=1S/C15H20F3NO2/c1-9(19-12-4-2-3-5-13(12)20)11-7-6-10(16)8-14(11)21-15(17)18/h6-9,12-13,15,19-20H,2-5H2,1H3. The molecule has 1 aliphatic rings. The topological polar surface area (TPSA) is 41.5 Å². The van der Waals surface area contributed by atoms with E-state index in [1.807, 2.05) is 0 Å². The molecule has 1 aliphatic carbocycles. The van der Waals surface area contributed by atoms with Gasteiger partial charge in [-0.05, 0) is 25.8 Å². The minimum Gasteiger partial charge on any atom is -0.434 e. The van der Waals surface area contributed by atoms with Gasteiger partial charge in [-0.3, -0.25) is 0 Å². The highest BCUT2D eigenvalue weighted by Crippen LogP contribution is 2.29. The first-order valence-electron chi connectivity index (χ1n) is 7.15. The van der Waals surface area contributed by atoms with E-state index in [-0.39, 0.29) is 17.8 Å². The van der Waals surface area contributed by atoms with Crippen molar-refractivity contribution in [2.75, 3.05) is 0 Å². The smallest absolute Gasteiger partial charge is 0.387 e. The molecule has 118 valence electrons. The fourth-order valence-corrected chi connectivity index (χ4v) is 2.78. The molecule has 2 N–H and O–H groups in total. The Balaban J connectivity index is 2.12. The summed E-state index contributed by atoms with van der Waals surface area (Å²) in [5.41, 5.74) is 0.453. The number of benzene rings is 1. The maximum atomic E-state index is 13.2. The van der Waals surface area contributed by atoms with Crippen LogP contribution in [0.2, 0.25) is 0 Å². The van der Waals surface area contributed by atoms with Gasteiger partial charge < -0.3 is 15.2 Å². The number of aliphatic hydroxyl groups excluding tert-OH is 1. The molecule has 1 fully saturated rings. The zero-order valence-corrected chi connectivity index (χ0v) is 11.9. The summed E-state index contributed by atoms with van der Waals surface area (Å²) in [4.78, 5) is 0. The molecule has 0 heterocycles. The quantitative estimate of drug-likeness (QED) is 0.876. The number of hydrogen-bond acceptors (Lipinski definition) is 3. The number of aliphatic hydroxyl groups is 1. The molecular formula is C15H20F3NO2. The Morgan fingerprint density at radius 1 is 1.29 bits per heavy atom. The van der Waals surface area contributed by atoms with Crippen molar-refractivity contribution in [3.8, 4) is 5.75 Å². The molecule has 0 saturated heterocycles. The van der Waals surface area contributed by atoms with Crippen molar-refractivity contribution in [1.29, 1.82) is 0 Å². The van der Waals surface area contributed by atoms with E-state index < -0.39 is 18.5 Å². The Bertz CT molecular complexity index is 470. The molecule has 0 bridgehead atoms. The second-order valence-electron chi connectivity index (χ2n) is 5.41. The van der Waals surface area contributed by atoms with Crippen LogP contribution in [0.5, 0.6) is 5.75 Å². The summed E-state index contributed by atoms with van der Waals surface area (Å²) in [5, 5.41) is 13.2. The largest absolute Gasteiger partial charge is 0.434 e. The maximum Gasteiger partial charge on any atom is 0.387 e. The Hall–Kier alpha value is -1.27. The highest BCUT2D eigenvalue weighted by atomic mass is 19.3. The molecule has 0 spiro atoms. The van der Waals surface area contributed by atoms with Crippen LogP contribution in [0.3, 0.4) is 0 Å². The lowest BCUT2D eigenvalue weighted by atomic mass is 9.91. The lowest BCUT2D eigenvalue weighted by molar-refractivity contribution is -0.0509. The lowest BCUT2D eigenvalue weighted by Gasteiger charge is -2.31. The molecule has 0 amide bonds. The van der Waals surface area contributed by atoms with E-state index in [2.05, 4.69) is 10.1 Å². The maximum absolute atomic E-state index is 13.2. The summed E-state index contributed by atoms with van der Waals surface area (Å²) in [7, 11) is 0. The van der Waals surface area contributed by atoms with Crippen LogP contribution in [0, 0.1) is 5.82 Å². The number of rotatable bonds is 5. The Labute approximate surface area is 122 Å². The van der Waals surface area contributed by atoms with Crippen LogP contribution in [0.1, 0.15) is 44.2 Å². The highest BCUT2D eigenvalue weighted by molar-refractivity contribution is 5.36. The van der Waals surface area contributed by atoms with E-state index in [9.17, 15) is 18.3 Å². The van der Waals surface area contributed by atoms with Gasteiger partial charge in [0.25, 0.3) is 0 Å². The van der Waals surface area contributed by atoms with Gasteiger partial charge in [0.1, 0.15) is 11.6 Å². The third kappa shape index (κ3) is 4.35. The Morgan fingerprint density at radius 2 is 2.00 bits per heavy atom. The fraction of sp³-hybridized carbons (Fsp3) is 0.600. The third-order valence-corrected chi connectivity index (χ3v) is 3.85. The monoisotopic (exact) mass is 303 g/mol. The van der Waals surface area contributed by atoms with E-state index in [4.69, 9.17) is 0 Å². The fourth-order valence-electron chi connectivity index (χ4n) is 2.78. The van der Waals surface area contributed by atoms with E-state index in [0.29, 0.717) is 5.56 Å². The summed E-state index contributed by atoms with van der Waals surface area (Å²) in [6, 6.07) is 3.19. The summed E-state index contributed by atoms with van der Waals surface area (Å²) >= 11 is 0. The van der Waals surface area contributed by atoms with E-state index in [0.717, 1.165) is 31.7 Å². The first-order chi connectivity index (χ1) is 9.97. The van der Waals surface area contributed by atoms with Crippen LogP contribution in [0.4, 0.5) is 13.2 Å². The minimum atomic E-state index is -3.00. The van der Waals surface area contributed by atoms with Crippen molar-refractivity contribution in [2.45, 2.75) is 57.4 Å². The van der Waals surface area contributed by atoms with Gasteiger partial charge in [-0.1, -0.05) is 18.9 Å². The van der Waals surface area contributed by atoms with E-state index >= 15 is 0 Å². The average Bonchev–Trinajstić information content (AvgIpc) is 2.40. The van der Waals surface area contributed by atoms with Crippen LogP contribution >= 0.6 is 0 Å². The van der Waals surface area contributed by atoms with Gasteiger partial charge in [0.05, 0.1) is 6.10 Å². The molecule has 3 nitrogen and oxygen atoms in total. The number of hydrogen-bond donors (Lipinski definition) is 2. The van der Waals surface area contributed by atoms with Crippen LogP contribution < -0.4 is 10.1 Å². The van der Waals surface area contributed by atoms with Crippen LogP contribution in [-0.4, -0.2) is 23.9 Å². The molecule has 1 aromatic carbocycles. The molecule has 3 atom stereocenters. The summed E-state index contributed by atoms with van der Waals surface area (Å²) in [5.74, 6) is -0.797. The van der Waals surface area contributed by atoms with Gasteiger partial charge in [-0.2, -0.15) is 8.78 Å². The van der Waals surface area contributed by atoms with Gasteiger partial charge in [-0.25, -0.2) is 4.39 Å². The third-order valence-electron chi connectivity index (χ3n) is 3.85. The van der Waals surface area contributed by atoms with Crippen molar-refractivity contribution in [1.82, 2.24) is 5.32 Å². The molecule has 21 heavy (non-hydrogen) atoms. The molecular weight excluding hydrogens is 283 g/mol. The SMILES string of the molecule is CC(NC1CCCCC1O)c1ccc(F)cc1OC(F)F. The molecule has 0 aliphatic heterocycles. The van der Waals surface area contributed by atoms with E-state index in [1.54, 1.807) is 6.92 Å². The normalized spacial score (nSPS) is 24.1. The van der Waals surface area contributed by atoms with Gasteiger partial charge >= 0.3 is 6.61 Å². The number of halogens is 3. The number of nitrogens with one attached hydrogen (secondary N) is 1. The average molecular weight is 303 g/mol. The summed E-state index contributed by atoms with van der Waals surface area (Å²) < 4.78 is 42.4. The first-order valence-corrected chi connectivity index (χ1v) is 7.15. The second kappa shape index (κ2) is 7.13. The van der Waals surface area contributed by atoms with Crippen molar-refractivity contribution in [3.63, 3.8) is 0 Å². The second-order valence-corrected chi connectivity index (χ2v) is 5.41. The van der Waals surface area contributed by atoms with Gasteiger partial charge in [0.2, 0.25) is 0 Å². The van der Waals surface area contributed by atoms with Crippen LogP contribution in [0.25, 0.3) is 0 Å². The number of ether oxygens (including phenoxy) is 1. The van der Waals surface area contributed by atoms with Gasteiger partial charge in [0, 0.05) is 23.7 Å². The Kier molecular flexibility index (Phi) is 5.47. The minimum absolute atomic E-state index is 0.0850. The lowest BCUT2D eigenvalue weighted by Crippen LogP contribution is -2.43. The van der Waals surface area contributed by atoms with Crippen LogP contribution in [0.15, 0.2) is 18.2 Å². The predicted octanol–water partition coefficient (Wildman–Crippen LogP) is 3.38. The number of alkyl halides is 2. The molecule has 1 aromatic rings. The molecule has 3 unspecified atom stereocenters. The molecule has 0 radical (unpaired) electrons.